The van der Waals surface area contributed by atoms with E-state index in [1.807, 2.05) is 43.3 Å². The highest BCUT2D eigenvalue weighted by atomic mass is 32.2. The molecule has 32 heavy (non-hydrogen) atoms. The molecule has 8 heteroatoms. The van der Waals surface area contributed by atoms with Gasteiger partial charge >= 0.3 is 0 Å². The summed E-state index contributed by atoms with van der Waals surface area (Å²) in [7, 11) is -3.48. The average molecular weight is 460 g/mol. The molecule has 2 amide bonds. The molecule has 0 aliphatic rings. The number of amides is 2. The highest BCUT2D eigenvalue weighted by Crippen LogP contribution is 2.18. The van der Waals surface area contributed by atoms with E-state index in [-0.39, 0.29) is 24.8 Å². The van der Waals surface area contributed by atoms with Crippen molar-refractivity contribution in [2.75, 3.05) is 23.7 Å². The predicted octanol–water partition coefficient (Wildman–Crippen LogP) is 3.18. The minimum atomic E-state index is -3.48. The van der Waals surface area contributed by atoms with Crippen molar-refractivity contribution in [3.05, 3.63) is 66.2 Å². The number of para-hydroxylation sites is 1. The molecule has 174 valence electrons. The Labute approximate surface area is 191 Å². The zero-order valence-electron chi connectivity index (χ0n) is 19.0. The number of sulfonamides is 1. The molecule has 0 aromatic heterocycles. The van der Waals surface area contributed by atoms with Crippen LogP contribution in [0.5, 0.6) is 0 Å². The number of hydrogen-bond acceptors (Lipinski definition) is 4. The Morgan fingerprint density at radius 3 is 2.16 bits per heavy atom. The second kappa shape index (κ2) is 12.2. The fourth-order valence-electron chi connectivity index (χ4n) is 3.36. The van der Waals surface area contributed by atoms with E-state index in [0.29, 0.717) is 25.2 Å². The SMILES string of the molecule is CCCNC(=O)[C@@H](C)N(Cc1ccccc1)C(=O)CCCN(c1ccccc1)S(C)(=O)=O. The van der Waals surface area contributed by atoms with Gasteiger partial charge in [0, 0.05) is 26.1 Å². The number of carbonyl (C=O) groups excluding carboxylic acids is 2. The van der Waals surface area contributed by atoms with Crippen molar-refractivity contribution in [1.82, 2.24) is 10.2 Å². The van der Waals surface area contributed by atoms with Gasteiger partial charge < -0.3 is 10.2 Å². The number of rotatable bonds is 12. The monoisotopic (exact) mass is 459 g/mol. The third kappa shape index (κ3) is 7.67. The quantitative estimate of drug-likeness (QED) is 0.528. The summed E-state index contributed by atoms with van der Waals surface area (Å²) in [5.74, 6) is -0.382. The Hall–Kier alpha value is -2.87. The Balaban J connectivity index is 2.10. The van der Waals surface area contributed by atoms with Gasteiger partial charge in [-0.05, 0) is 37.5 Å². The Bertz CT molecular complexity index is 965. The van der Waals surface area contributed by atoms with Crippen LogP contribution in [0, 0.1) is 0 Å². The number of hydrogen-bond donors (Lipinski definition) is 1. The summed E-state index contributed by atoms with van der Waals surface area (Å²) in [6, 6.07) is 17.7. The third-order valence-corrected chi connectivity index (χ3v) is 6.30. The van der Waals surface area contributed by atoms with E-state index in [0.717, 1.165) is 18.2 Å². The number of nitrogens with zero attached hydrogens (tertiary/aromatic N) is 2. The highest BCUT2D eigenvalue weighted by molar-refractivity contribution is 7.92. The molecule has 0 aliphatic heterocycles. The van der Waals surface area contributed by atoms with Crippen LogP contribution in [0.25, 0.3) is 0 Å². The van der Waals surface area contributed by atoms with Crippen LogP contribution < -0.4 is 9.62 Å². The highest BCUT2D eigenvalue weighted by Gasteiger charge is 2.26. The normalized spacial score (nSPS) is 12.1. The van der Waals surface area contributed by atoms with Crippen molar-refractivity contribution in [3.8, 4) is 0 Å². The molecular weight excluding hydrogens is 426 g/mol. The van der Waals surface area contributed by atoms with Gasteiger partial charge in [0.2, 0.25) is 21.8 Å². The number of nitrogens with one attached hydrogen (secondary N) is 1. The molecule has 1 atom stereocenters. The van der Waals surface area contributed by atoms with Crippen LogP contribution >= 0.6 is 0 Å². The molecule has 2 aromatic rings. The second-order valence-electron chi connectivity index (χ2n) is 7.75. The first-order valence-electron chi connectivity index (χ1n) is 10.9. The maximum atomic E-state index is 13.1. The molecule has 0 saturated carbocycles. The molecule has 1 N–H and O–H groups in total. The average Bonchev–Trinajstić information content (AvgIpc) is 2.78. The smallest absolute Gasteiger partial charge is 0.242 e. The van der Waals surface area contributed by atoms with Crippen LogP contribution in [-0.4, -0.2) is 50.5 Å². The van der Waals surface area contributed by atoms with Gasteiger partial charge in [0.1, 0.15) is 6.04 Å². The van der Waals surface area contributed by atoms with E-state index in [4.69, 9.17) is 0 Å². The van der Waals surface area contributed by atoms with E-state index >= 15 is 0 Å². The summed E-state index contributed by atoms with van der Waals surface area (Å²) < 4.78 is 25.8. The van der Waals surface area contributed by atoms with Gasteiger partial charge in [-0.3, -0.25) is 13.9 Å². The topological polar surface area (TPSA) is 86.8 Å². The van der Waals surface area contributed by atoms with E-state index in [1.165, 1.54) is 4.31 Å². The summed E-state index contributed by atoms with van der Waals surface area (Å²) in [4.78, 5) is 27.2. The van der Waals surface area contributed by atoms with Crippen LogP contribution in [0.4, 0.5) is 5.69 Å². The number of anilines is 1. The Morgan fingerprint density at radius 1 is 1.00 bits per heavy atom. The summed E-state index contributed by atoms with van der Waals surface area (Å²) in [5, 5.41) is 2.85. The minimum absolute atomic E-state index is 0.136. The molecule has 0 saturated heterocycles. The molecule has 0 fully saturated rings. The van der Waals surface area contributed by atoms with Gasteiger partial charge in [0.25, 0.3) is 0 Å². The van der Waals surface area contributed by atoms with Crippen molar-refractivity contribution in [2.45, 2.75) is 45.7 Å². The zero-order valence-corrected chi connectivity index (χ0v) is 19.8. The van der Waals surface area contributed by atoms with Crippen molar-refractivity contribution >= 4 is 27.5 Å². The Morgan fingerprint density at radius 2 is 1.59 bits per heavy atom. The fourth-order valence-corrected chi connectivity index (χ4v) is 4.32. The molecule has 2 aromatic carbocycles. The van der Waals surface area contributed by atoms with Gasteiger partial charge in [-0.1, -0.05) is 55.5 Å². The number of carbonyl (C=O) groups is 2. The molecule has 0 bridgehead atoms. The van der Waals surface area contributed by atoms with Gasteiger partial charge in [-0.2, -0.15) is 0 Å². The largest absolute Gasteiger partial charge is 0.354 e. The minimum Gasteiger partial charge on any atom is -0.354 e. The standard InChI is InChI=1S/C24H33N3O4S/c1-4-17-25-24(29)20(2)26(19-21-12-7-5-8-13-21)23(28)16-11-18-27(32(3,30)31)22-14-9-6-10-15-22/h5-10,12-15,20H,4,11,16-19H2,1-3H3,(H,25,29)/t20-/m1/s1. The number of benzene rings is 2. The molecule has 7 nitrogen and oxygen atoms in total. The lowest BCUT2D eigenvalue weighted by atomic mass is 10.1. The van der Waals surface area contributed by atoms with Crippen LogP contribution in [0.1, 0.15) is 38.7 Å². The summed E-state index contributed by atoms with van der Waals surface area (Å²) >= 11 is 0. The molecule has 0 radical (unpaired) electrons. The molecule has 0 spiro atoms. The maximum absolute atomic E-state index is 13.1. The first-order valence-corrected chi connectivity index (χ1v) is 12.7. The van der Waals surface area contributed by atoms with Crippen LogP contribution in [0.2, 0.25) is 0 Å². The summed E-state index contributed by atoms with van der Waals surface area (Å²) in [5.41, 5.74) is 1.49. The van der Waals surface area contributed by atoms with Crippen molar-refractivity contribution in [1.29, 1.82) is 0 Å². The van der Waals surface area contributed by atoms with Crippen LogP contribution in [0.3, 0.4) is 0 Å². The van der Waals surface area contributed by atoms with E-state index in [1.54, 1.807) is 36.1 Å². The molecule has 0 aliphatic carbocycles. The lowest BCUT2D eigenvalue weighted by molar-refractivity contribution is -0.140. The maximum Gasteiger partial charge on any atom is 0.242 e. The fraction of sp³-hybridized carbons (Fsp3) is 0.417. The summed E-state index contributed by atoms with van der Waals surface area (Å²) in [6.07, 6.45) is 2.45. The second-order valence-corrected chi connectivity index (χ2v) is 9.66. The lowest BCUT2D eigenvalue weighted by Crippen LogP contribution is -2.47. The van der Waals surface area contributed by atoms with Gasteiger partial charge in [-0.15, -0.1) is 0 Å². The molecular formula is C24H33N3O4S. The Kier molecular flexibility index (Phi) is 9.71. The van der Waals surface area contributed by atoms with Crippen LogP contribution in [0.15, 0.2) is 60.7 Å². The van der Waals surface area contributed by atoms with Crippen LogP contribution in [-0.2, 0) is 26.2 Å². The van der Waals surface area contributed by atoms with E-state index in [2.05, 4.69) is 5.32 Å². The first kappa shape index (κ1) is 25.4. The van der Waals surface area contributed by atoms with E-state index < -0.39 is 16.1 Å². The van der Waals surface area contributed by atoms with E-state index in [9.17, 15) is 18.0 Å². The first-order chi connectivity index (χ1) is 15.2. The predicted molar refractivity (Wildman–Crippen MR) is 128 cm³/mol. The molecule has 0 heterocycles. The molecule has 0 unspecified atom stereocenters. The van der Waals surface area contributed by atoms with Crippen molar-refractivity contribution < 1.29 is 18.0 Å². The zero-order chi connectivity index (χ0) is 23.6. The van der Waals surface area contributed by atoms with Gasteiger partial charge in [0.05, 0.1) is 11.9 Å². The summed E-state index contributed by atoms with van der Waals surface area (Å²) in [6.45, 7) is 4.74. The lowest BCUT2D eigenvalue weighted by Gasteiger charge is -2.29. The van der Waals surface area contributed by atoms with Gasteiger partial charge in [-0.25, -0.2) is 8.42 Å². The molecule has 2 rings (SSSR count). The van der Waals surface area contributed by atoms with Crippen molar-refractivity contribution in [2.24, 2.45) is 0 Å². The van der Waals surface area contributed by atoms with Gasteiger partial charge in [0.15, 0.2) is 0 Å². The third-order valence-electron chi connectivity index (χ3n) is 5.11. The van der Waals surface area contributed by atoms with Crippen molar-refractivity contribution in [3.63, 3.8) is 0 Å².